The summed E-state index contributed by atoms with van der Waals surface area (Å²) in [7, 11) is 6.46. The van der Waals surface area contributed by atoms with Crippen LogP contribution in [0.1, 0.15) is 42.4 Å². The van der Waals surface area contributed by atoms with Crippen molar-refractivity contribution in [2.75, 3.05) is 0 Å². The summed E-state index contributed by atoms with van der Waals surface area (Å²) in [4.78, 5) is 19.2. The van der Waals surface area contributed by atoms with Crippen LogP contribution in [0.4, 0.5) is 0 Å². The molecule has 1 aromatic carbocycles. The van der Waals surface area contributed by atoms with Crippen LogP contribution in [0.25, 0.3) is 28.3 Å². The van der Waals surface area contributed by atoms with Crippen molar-refractivity contribution in [1.82, 2.24) is 34.4 Å². The zero-order valence-electron chi connectivity index (χ0n) is 19.6. The van der Waals surface area contributed by atoms with Gasteiger partial charge in [0.25, 0.3) is 0 Å². The molecule has 4 aromatic heterocycles. The lowest BCUT2D eigenvalue weighted by molar-refractivity contribution is 0.430. The molecule has 0 bridgehead atoms. The van der Waals surface area contributed by atoms with Crippen molar-refractivity contribution in [1.29, 1.82) is 0 Å². The molecule has 7 nitrogen and oxygen atoms in total. The first-order valence-corrected chi connectivity index (χ1v) is 11.4. The second kappa shape index (κ2) is 9.23. The Balaban J connectivity index is 1.49. The summed E-state index contributed by atoms with van der Waals surface area (Å²) >= 11 is 0. The van der Waals surface area contributed by atoms with Gasteiger partial charge >= 0.3 is 0 Å². The van der Waals surface area contributed by atoms with Gasteiger partial charge in [0, 0.05) is 30.5 Å². The molecule has 34 heavy (non-hydrogen) atoms. The van der Waals surface area contributed by atoms with Gasteiger partial charge in [-0.1, -0.05) is 44.2 Å². The molecule has 0 aliphatic rings. The third-order valence-electron chi connectivity index (χ3n) is 5.85. The topological polar surface area (TPSA) is 75.0 Å². The number of imidazole rings is 1. The van der Waals surface area contributed by atoms with Crippen LogP contribution >= 0.6 is 0 Å². The molecule has 0 aliphatic carbocycles. The molecule has 168 valence electrons. The molecular weight excluding hydrogens is 421 g/mol. The number of nitrogens with zero attached hydrogens (tertiary/aromatic N) is 6. The highest BCUT2D eigenvalue weighted by Crippen LogP contribution is 2.30. The van der Waals surface area contributed by atoms with E-state index in [1.165, 1.54) is 11.1 Å². The Labute approximate surface area is 200 Å². The predicted octanol–water partition coefficient (Wildman–Crippen LogP) is 4.70. The van der Waals surface area contributed by atoms with Crippen molar-refractivity contribution in [3.63, 3.8) is 0 Å². The quantitative estimate of drug-likeness (QED) is 0.366. The van der Waals surface area contributed by atoms with Gasteiger partial charge in [0.05, 0.1) is 17.1 Å². The SMILES string of the molecule is [B]N(Cc1nc(-c2ccc3ncnn3c2)c(-c2cccc(C)n2)[nH]1)Cc1ccccc1C(C)C. The third-order valence-corrected chi connectivity index (χ3v) is 5.85. The van der Waals surface area contributed by atoms with Crippen molar-refractivity contribution < 1.29 is 0 Å². The number of rotatable bonds is 7. The number of nitrogens with one attached hydrogen (secondary N) is 1. The van der Waals surface area contributed by atoms with Gasteiger partial charge in [0.2, 0.25) is 0 Å². The Morgan fingerprint density at radius 1 is 1.00 bits per heavy atom. The molecule has 0 saturated carbocycles. The van der Waals surface area contributed by atoms with E-state index in [1.54, 1.807) is 15.7 Å². The largest absolute Gasteiger partial charge is 0.344 e. The van der Waals surface area contributed by atoms with E-state index >= 15 is 0 Å². The number of hydrogen-bond donors (Lipinski definition) is 1. The van der Waals surface area contributed by atoms with Gasteiger partial charge in [-0.3, -0.25) is 4.98 Å². The summed E-state index contributed by atoms with van der Waals surface area (Å²) in [6.45, 7) is 7.48. The van der Waals surface area contributed by atoms with Gasteiger partial charge in [-0.15, -0.1) is 0 Å². The Morgan fingerprint density at radius 2 is 1.85 bits per heavy atom. The standard InChI is InChI=1S/C26H26BN7/c1-17(2)21-9-5-4-8-19(21)13-33(27)15-23-31-25(20-11-12-24-28-16-29-34(24)14-20)26(32-23)22-10-6-7-18(3)30-22/h4-12,14,16-17H,13,15H2,1-3H3,(H,31,32). The molecule has 0 atom stereocenters. The van der Waals surface area contributed by atoms with Crippen molar-refractivity contribution in [2.45, 2.75) is 39.8 Å². The van der Waals surface area contributed by atoms with E-state index in [4.69, 9.17) is 17.9 Å². The smallest absolute Gasteiger partial charge is 0.183 e. The summed E-state index contributed by atoms with van der Waals surface area (Å²) in [5, 5.41) is 4.27. The van der Waals surface area contributed by atoms with Crippen LogP contribution in [0.2, 0.25) is 0 Å². The number of benzene rings is 1. The normalized spacial score (nSPS) is 11.7. The minimum absolute atomic E-state index is 0.436. The second-order valence-electron chi connectivity index (χ2n) is 8.81. The molecule has 0 spiro atoms. The highest BCUT2D eigenvalue weighted by Gasteiger charge is 2.18. The van der Waals surface area contributed by atoms with Crippen LogP contribution in [0, 0.1) is 6.92 Å². The van der Waals surface area contributed by atoms with Gasteiger partial charge < -0.3 is 9.79 Å². The summed E-state index contributed by atoms with van der Waals surface area (Å²) in [6.07, 6.45) is 3.47. The Kier molecular flexibility index (Phi) is 5.98. The van der Waals surface area contributed by atoms with Gasteiger partial charge in [0.1, 0.15) is 12.2 Å². The lowest BCUT2D eigenvalue weighted by Crippen LogP contribution is -2.21. The van der Waals surface area contributed by atoms with E-state index < -0.39 is 0 Å². The zero-order chi connectivity index (χ0) is 23.7. The van der Waals surface area contributed by atoms with Gasteiger partial charge in [0.15, 0.2) is 13.6 Å². The minimum Gasteiger partial charge on any atom is -0.344 e. The maximum Gasteiger partial charge on any atom is 0.183 e. The minimum atomic E-state index is 0.436. The molecule has 1 N–H and O–H groups in total. The molecule has 0 aliphatic heterocycles. The van der Waals surface area contributed by atoms with Crippen LogP contribution in [0.15, 0.2) is 67.1 Å². The molecular formula is C26H26BN7. The van der Waals surface area contributed by atoms with Crippen molar-refractivity contribution in [3.8, 4) is 22.6 Å². The first-order chi connectivity index (χ1) is 16.5. The lowest BCUT2D eigenvalue weighted by Gasteiger charge is -2.19. The Hall–Kier alpha value is -3.78. The summed E-state index contributed by atoms with van der Waals surface area (Å²) in [5.74, 6) is 1.21. The number of fused-ring (bicyclic) bond motifs is 1. The van der Waals surface area contributed by atoms with Crippen molar-refractivity contribution in [2.24, 2.45) is 0 Å². The first kappa shape index (κ1) is 22.0. The number of aryl methyl sites for hydroxylation is 1. The van der Waals surface area contributed by atoms with E-state index in [9.17, 15) is 0 Å². The van der Waals surface area contributed by atoms with E-state index in [2.05, 4.69) is 53.2 Å². The molecule has 4 heterocycles. The van der Waals surface area contributed by atoms with Gasteiger partial charge in [-0.25, -0.2) is 14.5 Å². The van der Waals surface area contributed by atoms with Crippen LogP contribution in [-0.2, 0) is 13.1 Å². The molecule has 5 aromatic rings. The van der Waals surface area contributed by atoms with E-state index in [1.807, 2.05) is 43.5 Å². The number of hydrogen-bond acceptors (Lipinski definition) is 5. The molecule has 5 rings (SSSR count). The molecule has 0 unspecified atom stereocenters. The van der Waals surface area contributed by atoms with Gasteiger partial charge in [-0.05, 0) is 48.2 Å². The highest BCUT2D eigenvalue weighted by molar-refractivity contribution is 6.04. The maximum atomic E-state index is 6.46. The summed E-state index contributed by atoms with van der Waals surface area (Å²) < 4.78 is 1.75. The van der Waals surface area contributed by atoms with Crippen molar-refractivity contribution in [3.05, 3.63) is 89.8 Å². The van der Waals surface area contributed by atoms with Crippen LogP contribution in [-0.4, -0.2) is 42.3 Å². The third kappa shape index (κ3) is 4.49. The van der Waals surface area contributed by atoms with Crippen LogP contribution in [0.3, 0.4) is 0 Å². The fourth-order valence-electron chi connectivity index (χ4n) is 4.24. The highest BCUT2D eigenvalue weighted by atomic mass is 15.3. The number of aromatic nitrogens is 6. The first-order valence-electron chi connectivity index (χ1n) is 11.4. The maximum absolute atomic E-state index is 6.46. The molecule has 8 heteroatoms. The molecule has 0 amide bonds. The number of pyridine rings is 2. The monoisotopic (exact) mass is 447 g/mol. The van der Waals surface area contributed by atoms with Crippen molar-refractivity contribution >= 4 is 13.6 Å². The predicted molar refractivity (Wildman–Crippen MR) is 134 cm³/mol. The molecule has 0 fully saturated rings. The fraction of sp³-hybridized carbons (Fsp3) is 0.231. The number of aromatic amines is 1. The van der Waals surface area contributed by atoms with E-state index in [0.29, 0.717) is 19.0 Å². The van der Waals surface area contributed by atoms with Crippen LogP contribution < -0.4 is 0 Å². The van der Waals surface area contributed by atoms with Crippen LogP contribution in [0.5, 0.6) is 0 Å². The second-order valence-corrected chi connectivity index (χ2v) is 8.81. The zero-order valence-corrected chi connectivity index (χ0v) is 19.6. The summed E-state index contributed by atoms with van der Waals surface area (Å²) in [6, 6.07) is 18.3. The summed E-state index contributed by atoms with van der Waals surface area (Å²) in [5.41, 5.74) is 7.68. The number of H-pyrrole nitrogens is 1. The Bertz CT molecular complexity index is 1440. The molecule has 2 radical (unpaired) electrons. The average molecular weight is 447 g/mol. The Morgan fingerprint density at radius 3 is 2.68 bits per heavy atom. The lowest BCUT2D eigenvalue weighted by atomic mass is 9.96. The van der Waals surface area contributed by atoms with E-state index in [0.717, 1.165) is 39.8 Å². The average Bonchev–Trinajstić information content (AvgIpc) is 3.45. The molecule has 0 saturated heterocycles. The fourth-order valence-corrected chi connectivity index (χ4v) is 4.24. The van der Waals surface area contributed by atoms with E-state index in [-0.39, 0.29) is 0 Å². The van der Waals surface area contributed by atoms with Gasteiger partial charge in [-0.2, -0.15) is 5.10 Å².